The Kier molecular flexibility index (Phi) is 12.1. The van der Waals surface area contributed by atoms with Gasteiger partial charge in [-0.1, -0.05) is 20.9 Å². The van der Waals surface area contributed by atoms with Gasteiger partial charge in [-0.05, 0) is 74.0 Å². The average molecular weight is 687 g/mol. The van der Waals surface area contributed by atoms with Gasteiger partial charge in [0, 0.05) is 55.3 Å². The molecular weight excluding hydrogens is 642 g/mol. The molecule has 4 N–H and O–H groups in total. The summed E-state index contributed by atoms with van der Waals surface area (Å²) in [6, 6.07) is 13.4. The molecule has 2 aliphatic rings. The molecule has 0 fully saturated rings. The van der Waals surface area contributed by atoms with E-state index in [1.165, 1.54) is 12.1 Å². The van der Waals surface area contributed by atoms with Crippen molar-refractivity contribution in [3.05, 3.63) is 85.0 Å². The predicted molar refractivity (Wildman–Crippen MR) is 193 cm³/mol. The van der Waals surface area contributed by atoms with Crippen molar-refractivity contribution in [2.24, 2.45) is 0 Å². The van der Waals surface area contributed by atoms with Gasteiger partial charge in [-0.15, -0.1) is 0 Å². The van der Waals surface area contributed by atoms with E-state index in [0.29, 0.717) is 35.7 Å². The number of hydrogen-bond acceptors (Lipinski definition) is 10. The Bertz CT molecular complexity index is 2010. The lowest BCUT2D eigenvalue weighted by Crippen LogP contribution is -2.24. The second-order valence-corrected chi connectivity index (χ2v) is 11.3. The first-order valence-electron chi connectivity index (χ1n) is 16.1. The first-order chi connectivity index (χ1) is 23.6. The van der Waals surface area contributed by atoms with Gasteiger partial charge in [-0.3, -0.25) is 0 Å². The van der Waals surface area contributed by atoms with Gasteiger partial charge >= 0.3 is 0 Å². The minimum Gasteiger partial charge on any atom is -0.494 e. The van der Waals surface area contributed by atoms with Crippen molar-refractivity contribution in [2.75, 3.05) is 63.1 Å². The van der Waals surface area contributed by atoms with Crippen LogP contribution >= 0.6 is 0 Å². The summed E-state index contributed by atoms with van der Waals surface area (Å²) in [4.78, 5) is 9.21. The predicted octanol–water partition coefficient (Wildman–Crippen LogP) is 5.91. The van der Waals surface area contributed by atoms with Crippen LogP contribution in [0.1, 0.15) is 27.7 Å². The van der Waals surface area contributed by atoms with E-state index < -0.39 is 0 Å². The molecule has 0 amide bonds. The number of halogens is 2. The molecule has 0 spiro atoms. The summed E-state index contributed by atoms with van der Waals surface area (Å²) in [6.07, 6.45) is 8.75. The molecule has 8 rings (SSSR count). The Hall–Kier alpha value is -5.34. The SMILES string of the molecule is C.C.Fc1ccc2cc1-c1cnn3ccc(nc13)NCCNCCCO2.Fc1ccc2cc1OCCCNCCNc1ccn3ncc-2c3n1. The van der Waals surface area contributed by atoms with Crippen LogP contribution in [-0.4, -0.2) is 81.7 Å². The molecule has 264 valence electrons. The molecular formula is C36H44F2N10O2. The lowest BCUT2D eigenvalue weighted by Gasteiger charge is -2.09. The largest absolute Gasteiger partial charge is 0.494 e. The van der Waals surface area contributed by atoms with Crippen LogP contribution in [0, 0.1) is 11.6 Å². The van der Waals surface area contributed by atoms with Gasteiger partial charge in [0.2, 0.25) is 0 Å². The average Bonchev–Trinajstić information content (AvgIpc) is 3.72. The highest BCUT2D eigenvalue weighted by atomic mass is 19.1. The standard InChI is InChI=1S/2C17H18FN5O.2CH4/c18-14-3-2-12-10-15(14)24-9-1-5-19-6-7-20-16-4-8-23-17(22-16)13(12)11-21-23;18-15-3-2-12-10-13(15)14-11-21-23-8-4-16(22-17(14)23)20-7-6-19-5-1-9-24-12;;/h2*2-4,8,10-11,19H,1,5-7,9H2,(H,20,22);2*1H4. The molecule has 6 heterocycles. The van der Waals surface area contributed by atoms with Gasteiger partial charge in [0.05, 0.1) is 25.6 Å². The van der Waals surface area contributed by atoms with Gasteiger partial charge in [-0.2, -0.15) is 10.2 Å². The number of fused-ring (bicyclic) bond motifs is 8. The number of aromatic nitrogens is 6. The molecule has 8 bridgehead atoms. The summed E-state index contributed by atoms with van der Waals surface area (Å²) in [5, 5.41) is 21.8. The zero-order valence-electron chi connectivity index (χ0n) is 26.3. The summed E-state index contributed by atoms with van der Waals surface area (Å²) in [5.74, 6) is 1.77. The van der Waals surface area contributed by atoms with Crippen molar-refractivity contribution < 1.29 is 18.3 Å². The highest BCUT2D eigenvalue weighted by molar-refractivity contribution is 5.79. The Morgan fingerprint density at radius 3 is 1.88 bits per heavy atom. The molecule has 0 saturated heterocycles. The van der Waals surface area contributed by atoms with E-state index in [2.05, 4.69) is 41.4 Å². The second kappa shape index (κ2) is 16.9. The van der Waals surface area contributed by atoms with Crippen LogP contribution in [0.3, 0.4) is 0 Å². The number of anilines is 2. The molecule has 12 nitrogen and oxygen atoms in total. The third kappa shape index (κ3) is 8.26. The highest BCUT2D eigenvalue weighted by Gasteiger charge is 2.15. The molecule has 0 aliphatic carbocycles. The molecule has 6 aromatic rings. The maximum atomic E-state index is 14.4. The van der Waals surface area contributed by atoms with Crippen molar-refractivity contribution in [2.45, 2.75) is 27.7 Å². The number of hydrogen-bond donors (Lipinski definition) is 4. The molecule has 0 radical (unpaired) electrons. The van der Waals surface area contributed by atoms with E-state index in [4.69, 9.17) is 9.47 Å². The Labute approximate surface area is 290 Å². The lowest BCUT2D eigenvalue weighted by molar-refractivity contribution is 0.294. The molecule has 2 aliphatic heterocycles. The molecule has 0 atom stereocenters. The van der Waals surface area contributed by atoms with Crippen molar-refractivity contribution in [3.8, 4) is 33.8 Å². The van der Waals surface area contributed by atoms with Gasteiger partial charge in [0.25, 0.3) is 0 Å². The van der Waals surface area contributed by atoms with E-state index in [0.717, 1.165) is 80.5 Å². The summed E-state index contributed by atoms with van der Waals surface area (Å²) in [6.45, 7) is 5.93. The van der Waals surface area contributed by atoms with E-state index >= 15 is 0 Å². The van der Waals surface area contributed by atoms with Crippen molar-refractivity contribution in [1.29, 1.82) is 0 Å². The van der Waals surface area contributed by atoms with E-state index in [-0.39, 0.29) is 32.2 Å². The smallest absolute Gasteiger partial charge is 0.165 e. The zero-order chi connectivity index (χ0) is 32.7. The quantitative estimate of drug-likeness (QED) is 0.153. The minimum absolute atomic E-state index is 0. The summed E-state index contributed by atoms with van der Waals surface area (Å²) in [7, 11) is 0. The maximum Gasteiger partial charge on any atom is 0.165 e. The zero-order valence-corrected chi connectivity index (χ0v) is 26.3. The van der Waals surface area contributed by atoms with E-state index in [1.54, 1.807) is 45.7 Å². The number of nitrogens with zero attached hydrogens (tertiary/aromatic N) is 6. The monoisotopic (exact) mass is 686 g/mol. The fourth-order valence-corrected chi connectivity index (χ4v) is 5.48. The van der Waals surface area contributed by atoms with Crippen LogP contribution in [0.25, 0.3) is 33.5 Å². The van der Waals surface area contributed by atoms with Crippen molar-refractivity contribution in [1.82, 2.24) is 39.8 Å². The van der Waals surface area contributed by atoms with Crippen molar-refractivity contribution in [3.63, 3.8) is 0 Å². The molecule has 4 aromatic heterocycles. The van der Waals surface area contributed by atoms with Gasteiger partial charge < -0.3 is 30.7 Å². The maximum absolute atomic E-state index is 14.4. The van der Waals surface area contributed by atoms with Crippen LogP contribution in [0.4, 0.5) is 20.4 Å². The normalized spacial score (nSPS) is 14.8. The number of ether oxygens (including phenoxy) is 2. The molecule has 2 aromatic carbocycles. The minimum atomic E-state index is -0.359. The third-order valence-corrected chi connectivity index (χ3v) is 7.95. The van der Waals surface area contributed by atoms with Crippen LogP contribution in [0.5, 0.6) is 11.5 Å². The second-order valence-electron chi connectivity index (χ2n) is 11.3. The lowest BCUT2D eigenvalue weighted by atomic mass is 10.1. The summed E-state index contributed by atoms with van der Waals surface area (Å²) in [5.41, 5.74) is 4.10. The first-order valence-corrected chi connectivity index (χ1v) is 16.1. The third-order valence-electron chi connectivity index (χ3n) is 7.95. The molecule has 14 heteroatoms. The van der Waals surface area contributed by atoms with Crippen LogP contribution in [-0.2, 0) is 0 Å². The fourth-order valence-electron chi connectivity index (χ4n) is 5.48. The first kappa shape index (κ1) is 36.0. The Morgan fingerprint density at radius 1 is 0.600 bits per heavy atom. The number of nitrogens with one attached hydrogen (secondary N) is 4. The molecule has 0 unspecified atom stereocenters. The Morgan fingerprint density at radius 2 is 1.20 bits per heavy atom. The molecule has 0 saturated carbocycles. The van der Waals surface area contributed by atoms with Crippen LogP contribution < -0.4 is 30.7 Å². The summed E-state index contributed by atoms with van der Waals surface area (Å²) < 4.78 is 43.0. The van der Waals surface area contributed by atoms with Gasteiger partial charge in [0.1, 0.15) is 23.2 Å². The highest BCUT2D eigenvalue weighted by Crippen LogP contribution is 2.31. The van der Waals surface area contributed by atoms with E-state index in [9.17, 15) is 8.78 Å². The van der Waals surface area contributed by atoms with Crippen LogP contribution in [0.15, 0.2) is 73.3 Å². The van der Waals surface area contributed by atoms with Gasteiger partial charge in [0.15, 0.2) is 22.9 Å². The fraction of sp³-hybridized carbons (Fsp3) is 0.333. The van der Waals surface area contributed by atoms with Crippen molar-refractivity contribution >= 4 is 22.9 Å². The number of benzene rings is 2. The summed E-state index contributed by atoms with van der Waals surface area (Å²) >= 11 is 0. The topological polar surface area (TPSA) is 127 Å². The molecule has 50 heavy (non-hydrogen) atoms. The number of rotatable bonds is 0. The van der Waals surface area contributed by atoms with Gasteiger partial charge in [-0.25, -0.2) is 27.8 Å². The Balaban J connectivity index is 0.000000187. The van der Waals surface area contributed by atoms with Crippen LogP contribution in [0.2, 0.25) is 0 Å². The van der Waals surface area contributed by atoms with E-state index in [1.807, 2.05) is 24.5 Å².